The summed E-state index contributed by atoms with van der Waals surface area (Å²) in [4.78, 5) is 25.1. The van der Waals surface area contributed by atoms with Gasteiger partial charge in [0.1, 0.15) is 33.6 Å². The quantitative estimate of drug-likeness (QED) is 0.543. The van der Waals surface area contributed by atoms with E-state index in [1.807, 2.05) is 0 Å². The first kappa shape index (κ1) is 24.3. The Bertz CT molecular complexity index is 1200. The molecule has 7 atom stereocenters. The fraction of sp³-hybridized carbons (Fsp3) is 0.704. The van der Waals surface area contributed by atoms with Crippen molar-refractivity contribution in [1.82, 2.24) is 0 Å². The Balaban J connectivity index is 1.62. The Kier molecular flexibility index (Phi) is 4.93. The topological polar surface area (TPSA) is 101 Å². The lowest BCUT2D eigenvalue weighted by molar-refractivity contribution is -0.478. The second kappa shape index (κ2) is 7.29. The van der Waals surface area contributed by atoms with E-state index < -0.39 is 46.9 Å². The normalized spacial score (nSPS) is 42.1. The summed E-state index contributed by atoms with van der Waals surface area (Å²) in [6.45, 7) is 11.5. The van der Waals surface area contributed by atoms with Crippen molar-refractivity contribution in [3.63, 3.8) is 0 Å². The highest BCUT2D eigenvalue weighted by molar-refractivity contribution is 6.34. The van der Waals surface area contributed by atoms with Crippen LogP contribution in [0.5, 0.6) is 11.5 Å². The number of phenolic OH excluding ortho intramolecular Hbond substituents is 1. The summed E-state index contributed by atoms with van der Waals surface area (Å²) in [7, 11) is 0. The van der Waals surface area contributed by atoms with Gasteiger partial charge in [0.15, 0.2) is 17.6 Å². The van der Waals surface area contributed by atoms with Crippen LogP contribution in [0.3, 0.4) is 0 Å². The Hall–Kier alpha value is -2.03. The lowest BCUT2D eigenvalue weighted by Gasteiger charge is -2.73. The van der Waals surface area contributed by atoms with E-state index in [1.165, 1.54) is 6.92 Å². The summed E-state index contributed by atoms with van der Waals surface area (Å²) < 4.78 is 31.7. The molecule has 1 aromatic rings. The first-order valence-electron chi connectivity index (χ1n) is 12.8. The average Bonchev–Trinajstić information content (AvgIpc) is 2.79. The van der Waals surface area contributed by atoms with Gasteiger partial charge in [0, 0.05) is 42.2 Å². The number of carbonyl (C=O) groups is 2. The van der Waals surface area contributed by atoms with Gasteiger partial charge in [-0.1, -0.05) is 32.4 Å². The Morgan fingerprint density at radius 2 is 1.94 bits per heavy atom. The van der Waals surface area contributed by atoms with E-state index in [0.717, 1.165) is 19.3 Å². The van der Waals surface area contributed by atoms with Gasteiger partial charge in [0.05, 0.1) is 6.10 Å². The first-order chi connectivity index (χ1) is 16.8. The van der Waals surface area contributed by atoms with E-state index in [-0.39, 0.29) is 28.0 Å². The second-order valence-electron chi connectivity index (χ2n) is 11.9. The molecule has 0 unspecified atom stereocenters. The monoisotopic (exact) mass is 520 g/mol. The number of hydrogen-bond donors (Lipinski definition) is 1. The number of fused-ring (bicyclic) bond motifs is 4. The number of carbonyl (C=O) groups excluding carboxylic acids is 2. The van der Waals surface area contributed by atoms with Gasteiger partial charge in [0.2, 0.25) is 0 Å². The van der Waals surface area contributed by atoms with Gasteiger partial charge in [-0.3, -0.25) is 4.79 Å². The van der Waals surface area contributed by atoms with E-state index >= 15 is 0 Å². The van der Waals surface area contributed by atoms with Crippen molar-refractivity contribution in [3.8, 4) is 11.5 Å². The SMILES string of the molecule is CC(=O)O[C@@H]1c2c3c(c(Cl)c(O)c2C(=O)O[C@@H]1C)O[C@]1(C)CC[C@@H]2O[C@@]4(C(C)C)CC[C@]2(C)[C@]1(C3)O4. The van der Waals surface area contributed by atoms with Crippen molar-refractivity contribution >= 4 is 23.5 Å². The van der Waals surface area contributed by atoms with Crippen molar-refractivity contribution in [3.05, 3.63) is 21.7 Å². The van der Waals surface area contributed by atoms with Gasteiger partial charge in [-0.05, 0) is 33.1 Å². The van der Waals surface area contributed by atoms with Gasteiger partial charge < -0.3 is 28.8 Å². The molecule has 7 rings (SSSR count). The summed E-state index contributed by atoms with van der Waals surface area (Å²) in [5.74, 6) is -1.98. The zero-order chi connectivity index (χ0) is 26.0. The molecule has 0 aromatic heterocycles. The number of hydrogen-bond acceptors (Lipinski definition) is 8. The molecule has 1 saturated carbocycles. The third-order valence-corrected chi connectivity index (χ3v) is 10.0. The number of halogens is 1. The molecule has 0 radical (unpaired) electrons. The van der Waals surface area contributed by atoms with Crippen LogP contribution in [0.15, 0.2) is 0 Å². The van der Waals surface area contributed by atoms with Crippen LogP contribution in [0.25, 0.3) is 0 Å². The maximum atomic E-state index is 13.0. The first-order valence-corrected chi connectivity index (χ1v) is 13.2. The molecule has 1 aromatic carbocycles. The summed E-state index contributed by atoms with van der Waals surface area (Å²) >= 11 is 6.66. The summed E-state index contributed by atoms with van der Waals surface area (Å²) in [6, 6.07) is 0. The van der Waals surface area contributed by atoms with Crippen LogP contribution in [-0.4, -0.2) is 46.2 Å². The van der Waals surface area contributed by atoms with E-state index in [2.05, 4.69) is 27.7 Å². The number of ether oxygens (including phenoxy) is 5. The lowest BCUT2D eigenvalue weighted by atomic mass is 9.48. The van der Waals surface area contributed by atoms with Gasteiger partial charge in [0.25, 0.3) is 0 Å². The zero-order valence-electron chi connectivity index (χ0n) is 21.5. The maximum absolute atomic E-state index is 13.0. The average molecular weight is 521 g/mol. The standard InChI is InChI=1S/C27H33ClO8/c1-12(2)26-10-9-24(5)16(34-26)7-8-25(6)27(24,36-26)11-15-17-18(20(30)19(28)22(15)35-25)23(31)32-13(3)21(17)33-14(4)29/h12-13,16,21,30H,7-11H2,1-6H3/t13-,16+,21+,24+,25-,26+,27+/m1/s1. The van der Waals surface area contributed by atoms with E-state index in [0.29, 0.717) is 29.7 Å². The van der Waals surface area contributed by atoms with Crippen LogP contribution in [0.2, 0.25) is 5.02 Å². The predicted molar refractivity (Wildman–Crippen MR) is 128 cm³/mol. The Labute approximate surface area is 215 Å². The highest BCUT2D eigenvalue weighted by Gasteiger charge is 2.77. The summed E-state index contributed by atoms with van der Waals surface area (Å²) in [6.07, 6.45) is 1.89. The number of aromatic hydroxyl groups is 1. The third kappa shape index (κ3) is 2.73. The minimum atomic E-state index is -0.917. The molecule has 4 bridgehead atoms. The van der Waals surface area contributed by atoms with Gasteiger partial charge in [-0.25, -0.2) is 4.79 Å². The van der Waals surface area contributed by atoms with Gasteiger partial charge >= 0.3 is 11.9 Å². The molecule has 3 saturated heterocycles. The van der Waals surface area contributed by atoms with Crippen LogP contribution < -0.4 is 4.74 Å². The van der Waals surface area contributed by atoms with Crippen LogP contribution in [0, 0.1) is 11.3 Å². The molecule has 1 spiro atoms. The molecule has 4 fully saturated rings. The molecule has 6 aliphatic rings. The fourth-order valence-electron chi connectivity index (χ4n) is 7.66. The molecule has 1 aliphatic carbocycles. The number of cyclic esters (lactones) is 1. The van der Waals surface area contributed by atoms with Crippen molar-refractivity contribution in [1.29, 1.82) is 0 Å². The second-order valence-corrected chi connectivity index (χ2v) is 12.2. The molecule has 8 nitrogen and oxygen atoms in total. The number of benzene rings is 1. The summed E-state index contributed by atoms with van der Waals surface area (Å²) in [5, 5.41) is 11.0. The molecular weight excluding hydrogens is 488 g/mol. The molecule has 5 aliphatic heterocycles. The van der Waals surface area contributed by atoms with Crippen LogP contribution in [0.4, 0.5) is 0 Å². The van der Waals surface area contributed by atoms with E-state index in [4.69, 9.17) is 35.3 Å². The Morgan fingerprint density at radius 1 is 1.22 bits per heavy atom. The molecule has 1 N–H and O–H groups in total. The van der Waals surface area contributed by atoms with Crippen LogP contribution >= 0.6 is 11.6 Å². The number of esters is 2. The van der Waals surface area contributed by atoms with Crippen molar-refractivity contribution in [2.75, 3.05) is 0 Å². The summed E-state index contributed by atoms with van der Waals surface area (Å²) in [5.41, 5.74) is -0.970. The molecule has 9 heteroatoms. The number of phenols is 1. The lowest BCUT2D eigenvalue weighted by Crippen LogP contribution is -2.82. The van der Waals surface area contributed by atoms with Crippen molar-refractivity contribution in [2.24, 2.45) is 11.3 Å². The minimum absolute atomic E-state index is 0.00260. The molecule has 5 heterocycles. The van der Waals surface area contributed by atoms with E-state index in [1.54, 1.807) is 6.92 Å². The van der Waals surface area contributed by atoms with Crippen molar-refractivity contribution in [2.45, 2.75) is 109 Å². The highest BCUT2D eigenvalue weighted by atomic mass is 35.5. The zero-order valence-corrected chi connectivity index (χ0v) is 22.3. The smallest absolute Gasteiger partial charge is 0.342 e. The van der Waals surface area contributed by atoms with Gasteiger partial charge in [-0.15, -0.1) is 0 Å². The molecular formula is C27H33ClO8. The van der Waals surface area contributed by atoms with Crippen molar-refractivity contribution < 1.29 is 38.4 Å². The highest BCUT2D eigenvalue weighted by Crippen LogP contribution is 2.70. The molecule has 196 valence electrons. The third-order valence-electron chi connectivity index (χ3n) is 9.70. The van der Waals surface area contributed by atoms with Crippen LogP contribution in [0.1, 0.15) is 94.8 Å². The predicted octanol–water partition coefficient (Wildman–Crippen LogP) is 5.00. The fourth-order valence-corrected chi connectivity index (χ4v) is 7.90. The van der Waals surface area contributed by atoms with Crippen LogP contribution in [-0.2, 0) is 30.2 Å². The maximum Gasteiger partial charge on any atom is 0.342 e. The molecule has 36 heavy (non-hydrogen) atoms. The van der Waals surface area contributed by atoms with Gasteiger partial charge in [-0.2, -0.15) is 0 Å². The Morgan fingerprint density at radius 3 is 2.61 bits per heavy atom. The number of rotatable bonds is 2. The molecule has 0 amide bonds. The minimum Gasteiger partial charge on any atom is -0.505 e. The largest absolute Gasteiger partial charge is 0.505 e. The van der Waals surface area contributed by atoms with E-state index in [9.17, 15) is 14.7 Å².